The van der Waals surface area contributed by atoms with Crippen molar-refractivity contribution < 1.29 is 24.7 Å². The number of hydrogen-bond donors (Lipinski definition) is 2. The second kappa shape index (κ2) is 8.52. The molecule has 1 unspecified atom stereocenters. The van der Waals surface area contributed by atoms with Gasteiger partial charge in [-0.15, -0.1) is 5.10 Å². The van der Waals surface area contributed by atoms with E-state index in [-0.39, 0.29) is 23.0 Å². The molecule has 0 spiro atoms. The Morgan fingerprint density at radius 2 is 1.86 bits per heavy atom. The van der Waals surface area contributed by atoms with Crippen LogP contribution in [0.4, 0.5) is 11.4 Å². The van der Waals surface area contributed by atoms with Crippen molar-refractivity contribution in [1.82, 2.24) is 0 Å². The van der Waals surface area contributed by atoms with Crippen LogP contribution < -0.4 is 4.90 Å². The lowest BCUT2D eigenvalue weighted by Gasteiger charge is -2.15. The van der Waals surface area contributed by atoms with Gasteiger partial charge in [0.25, 0.3) is 5.69 Å². The van der Waals surface area contributed by atoms with Gasteiger partial charge in [-0.25, -0.2) is 0 Å². The number of carboxylic acid groups (broad SMARTS) is 1. The number of non-ortho nitro benzene ring substituents is 1. The monoisotopic (exact) mass is 414 g/mol. The average molecular weight is 414 g/mol. The number of amides is 1. The van der Waals surface area contributed by atoms with E-state index >= 15 is 0 Å². The summed E-state index contributed by atoms with van der Waals surface area (Å²) < 4.78 is 0. The Kier molecular flexibility index (Phi) is 5.88. The maximum Gasteiger partial charge on any atom is 0.305 e. The van der Waals surface area contributed by atoms with E-state index in [4.69, 9.17) is 5.11 Å². The first-order chi connectivity index (χ1) is 13.8. The number of anilines is 1. The second-order valence-corrected chi connectivity index (χ2v) is 7.04. The number of hydrogen-bond acceptors (Lipinski definition) is 8. The van der Waals surface area contributed by atoms with Crippen molar-refractivity contribution >= 4 is 46.4 Å². The van der Waals surface area contributed by atoms with Crippen molar-refractivity contribution in [1.29, 1.82) is 0 Å². The van der Waals surface area contributed by atoms with Crippen molar-refractivity contribution in [2.75, 3.05) is 4.90 Å². The van der Waals surface area contributed by atoms with Crippen molar-refractivity contribution in [2.45, 2.75) is 11.7 Å². The molecule has 1 amide bonds. The Hall–Kier alpha value is -3.73. The van der Waals surface area contributed by atoms with Crippen LogP contribution in [0.2, 0.25) is 0 Å². The number of amidine groups is 1. The molecule has 1 fully saturated rings. The Balaban J connectivity index is 1.86. The molecule has 0 bridgehead atoms. The molecule has 0 aliphatic carbocycles. The third-order valence-corrected chi connectivity index (χ3v) is 4.98. The third kappa shape index (κ3) is 4.76. The van der Waals surface area contributed by atoms with Crippen LogP contribution in [-0.4, -0.2) is 43.6 Å². The van der Waals surface area contributed by atoms with Gasteiger partial charge in [-0.3, -0.25) is 24.6 Å². The SMILES string of the molecule is O=C(O)CC1S/C(=N\N=C/c2ccc([N+](=O)[O-])cc2)N(c2ccc(O)cc2)C1=O. The van der Waals surface area contributed by atoms with Crippen molar-refractivity contribution in [2.24, 2.45) is 10.2 Å². The molecule has 10 nitrogen and oxygen atoms in total. The van der Waals surface area contributed by atoms with Gasteiger partial charge in [-0.1, -0.05) is 11.8 Å². The highest BCUT2D eigenvalue weighted by atomic mass is 32.2. The molecule has 1 atom stereocenters. The Morgan fingerprint density at radius 1 is 1.21 bits per heavy atom. The van der Waals surface area contributed by atoms with Crippen molar-refractivity contribution in [3.63, 3.8) is 0 Å². The van der Waals surface area contributed by atoms with Crippen LogP contribution in [-0.2, 0) is 9.59 Å². The topological polar surface area (TPSA) is 146 Å². The van der Waals surface area contributed by atoms with Gasteiger partial charge in [0.15, 0.2) is 5.17 Å². The van der Waals surface area contributed by atoms with Gasteiger partial charge in [-0.2, -0.15) is 5.10 Å². The summed E-state index contributed by atoms with van der Waals surface area (Å²) in [7, 11) is 0. The van der Waals surface area contributed by atoms with Crippen LogP contribution in [0.25, 0.3) is 0 Å². The van der Waals surface area contributed by atoms with Crippen LogP contribution >= 0.6 is 11.8 Å². The molecular formula is C18H14N4O6S. The third-order valence-electron chi connectivity index (χ3n) is 3.86. The molecule has 1 saturated heterocycles. The Bertz CT molecular complexity index is 1000. The van der Waals surface area contributed by atoms with Gasteiger partial charge >= 0.3 is 5.97 Å². The summed E-state index contributed by atoms with van der Waals surface area (Å²) in [5.41, 5.74) is 0.922. The van der Waals surface area contributed by atoms with Crippen LogP contribution in [0, 0.1) is 10.1 Å². The summed E-state index contributed by atoms with van der Waals surface area (Å²) in [5, 5.41) is 36.4. The summed E-state index contributed by atoms with van der Waals surface area (Å²) in [6.45, 7) is 0. The lowest BCUT2D eigenvalue weighted by atomic mass is 10.2. The highest BCUT2D eigenvalue weighted by Gasteiger charge is 2.40. The van der Waals surface area contributed by atoms with E-state index < -0.39 is 22.0 Å². The largest absolute Gasteiger partial charge is 0.508 e. The molecule has 2 aromatic rings. The number of carboxylic acids is 1. The number of aliphatic carboxylic acids is 1. The highest BCUT2D eigenvalue weighted by Crippen LogP contribution is 2.34. The first kappa shape index (κ1) is 20.0. The minimum Gasteiger partial charge on any atom is -0.508 e. The highest BCUT2D eigenvalue weighted by molar-refractivity contribution is 8.16. The second-order valence-electron chi connectivity index (χ2n) is 5.87. The zero-order valence-electron chi connectivity index (χ0n) is 14.7. The van der Waals surface area contributed by atoms with E-state index in [0.29, 0.717) is 11.3 Å². The number of thioether (sulfide) groups is 1. The minimum absolute atomic E-state index is 0.0183. The fourth-order valence-electron chi connectivity index (χ4n) is 2.49. The molecule has 0 radical (unpaired) electrons. The summed E-state index contributed by atoms with van der Waals surface area (Å²) in [5.74, 6) is -1.55. The fourth-order valence-corrected chi connectivity index (χ4v) is 3.57. The normalized spacial score (nSPS) is 17.9. The molecule has 2 aromatic carbocycles. The number of carbonyl (C=O) groups excluding carboxylic acids is 1. The van der Waals surface area contributed by atoms with E-state index in [9.17, 15) is 24.8 Å². The first-order valence-electron chi connectivity index (χ1n) is 8.22. The molecular weight excluding hydrogens is 400 g/mol. The van der Waals surface area contributed by atoms with Gasteiger partial charge in [0.05, 0.1) is 23.2 Å². The molecule has 29 heavy (non-hydrogen) atoms. The first-order valence-corrected chi connectivity index (χ1v) is 9.10. The maximum absolute atomic E-state index is 12.7. The summed E-state index contributed by atoms with van der Waals surface area (Å²) >= 11 is 0.976. The number of carbonyl (C=O) groups is 2. The molecule has 0 aromatic heterocycles. The van der Waals surface area contributed by atoms with Gasteiger partial charge in [0.1, 0.15) is 11.0 Å². The minimum atomic E-state index is -1.11. The predicted octanol–water partition coefficient (Wildman–Crippen LogP) is 2.61. The fraction of sp³-hybridized carbons (Fsp3) is 0.111. The predicted molar refractivity (Wildman–Crippen MR) is 107 cm³/mol. The average Bonchev–Trinajstić information content (AvgIpc) is 2.98. The molecule has 3 rings (SSSR count). The molecule has 2 N–H and O–H groups in total. The lowest BCUT2D eigenvalue weighted by molar-refractivity contribution is -0.384. The van der Waals surface area contributed by atoms with Gasteiger partial charge in [0, 0.05) is 12.1 Å². The Labute approximate surface area is 168 Å². The van der Waals surface area contributed by atoms with E-state index in [0.717, 1.165) is 11.8 Å². The van der Waals surface area contributed by atoms with Gasteiger partial charge in [-0.05, 0) is 42.0 Å². The number of phenolic OH excluding ortho intramolecular Hbond substituents is 1. The number of nitrogens with zero attached hydrogens (tertiary/aromatic N) is 4. The quantitative estimate of drug-likeness (QED) is 0.420. The molecule has 1 aliphatic rings. The number of phenols is 1. The van der Waals surface area contributed by atoms with Crippen LogP contribution in [0.15, 0.2) is 58.7 Å². The number of benzene rings is 2. The summed E-state index contributed by atoms with van der Waals surface area (Å²) in [6, 6.07) is 11.5. The zero-order valence-corrected chi connectivity index (χ0v) is 15.5. The van der Waals surface area contributed by atoms with E-state index in [1.54, 1.807) is 0 Å². The van der Waals surface area contributed by atoms with E-state index in [1.807, 2.05) is 0 Å². The van der Waals surface area contributed by atoms with Crippen LogP contribution in [0.3, 0.4) is 0 Å². The zero-order chi connectivity index (χ0) is 21.0. The van der Waals surface area contributed by atoms with E-state index in [1.165, 1.54) is 59.6 Å². The molecule has 0 saturated carbocycles. The van der Waals surface area contributed by atoms with Gasteiger partial charge < -0.3 is 10.2 Å². The van der Waals surface area contributed by atoms with Crippen molar-refractivity contribution in [3.8, 4) is 5.75 Å². The van der Waals surface area contributed by atoms with Crippen LogP contribution in [0.5, 0.6) is 5.75 Å². The van der Waals surface area contributed by atoms with Crippen LogP contribution in [0.1, 0.15) is 12.0 Å². The standard InChI is InChI=1S/C18H14N4O6S/c23-14-7-5-12(6-8-14)21-17(26)15(9-16(24)25)29-18(21)20-19-10-11-1-3-13(4-2-11)22(27)28/h1-8,10,15,23H,9H2,(H,24,25)/b19-10-,20-18-. The van der Waals surface area contributed by atoms with Crippen molar-refractivity contribution in [3.05, 3.63) is 64.2 Å². The smallest absolute Gasteiger partial charge is 0.305 e. The summed E-state index contributed by atoms with van der Waals surface area (Å²) in [4.78, 5) is 35.1. The van der Waals surface area contributed by atoms with E-state index in [2.05, 4.69) is 10.2 Å². The number of aromatic hydroxyl groups is 1. The Morgan fingerprint density at radius 3 is 2.45 bits per heavy atom. The summed E-state index contributed by atoms with van der Waals surface area (Å²) in [6.07, 6.45) is 0.991. The molecule has 11 heteroatoms. The number of nitro benzene ring substituents is 1. The number of nitro groups is 1. The molecule has 1 heterocycles. The lowest BCUT2D eigenvalue weighted by Crippen LogP contribution is -2.32. The number of rotatable bonds is 6. The molecule has 148 valence electrons. The van der Waals surface area contributed by atoms with Gasteiger partial charge in [0.2, 0.25) is 5.91 Å². The maximum atomic E-state index is 12.7. The molecule has 1 aliphatic heterocycles.